The van der Waals surface area contributed by atoms with Crippen LogP contribution in [0.15, 0.2) is 0 Å². The van der Waals surface area contributed by atoms with Crippen molar-refractivity contribution in [1.29, 1.82) is 0 Å². The van der Waals surface area contributed by atoms with E-state index < -0.39 is 0 Å². The second kappa shape index (κ2) is 4.48. The van der Waals surface area contributed by atoms with Gasteiger partial charge in [-0.2, -0.15) is 0 Å². The number of rotatable bonds is 1. The highest BCUT2D eigenvalue weighted by molar-refractivity contribution is 5.82. The Hall–Kier alpha value is -0.530. The van der Waals surface area contributed by atoms with Gasteiger partial charge in [0.1, 0.15) is 0 Å². The molecule has 2 heteroatoms. The predicted molar refractivity (Wildman–Crippen MR) is 52.0 cm³/mol. The summed E-state index contributed by atoms with van der Waals surface area (Å²) >= 11 is 0. The maximum atomic E-state index is 11.4. The van der Waals surface area contributed by atoms with Crippen LogP contribution in [-0.2, 0) is 4.79 Å². The molecule has 0 bridgehead atoms. The van der Waals surface area contributed by atoms with Crippen LogP contribution in [-0.4, -0.2) is 24.9 Å². The van der Waals surface area contributed by atoms with Gasteiger partial charge < -0.3 is 4.90 Å². The zero-order chi connectivity index (χ0) is 9.78. The molecule has 0 aromatic rings. The minimum Gasteiger partial charge on any atom is -0.348 e. The van der Waals surface area contributed by atoms with Crippen LogP contribution >= 0.6 is 0 Å². The van der Waals surface area contributed by atoms with Crippen LogP contribution in [0, 0.1) is 5.41 Å². The summed E-state index contributed by atoms with van der Waals surface area (Å²) in [6, 6.07) is 0. The number of nitrogens with zero attached hydrogens (tertiary/aromatic N) is 1. The highest BCUT2D eigenvalue weighted by atomic mass is 16.2. The Morgan fingerprint density at radius 2 is 1.67 bits per heavy atom. The molecule has 0 radical (unpaired) electrons. The monoisotopic (exact) mass is 171 g/mol. The maximum Gasteiger partial charge on any atom is 0.227 e. The highest BCUT2D eigenvalue weighted by Crippen LogP contribution is 2.41. The number of amides is 1. The maximum absolute atomic E-state index is 11.4. The first-order valence-corrected chi connectivity index (χ1v) is 4.78. The molecule has 0 atom stereocenters. The van der Waals surface area contributed by atoms with Crippen molar-refractivity contribution in [3.05, 3.63) is 0 Å². The minimum atomic E-state index is -0.0104. The standard InChI is InChI=1S/C8H15NO.C2H6/c1-8(5-4-6-8)7(10)9(2)3;1-2/h4-6H2,1-3H3;1-2H3. The SMILES string of the molecule is CC.CN(C)C(=O)C1(C)CCC1. The van der Waals surface area contributed by atoms with Crippen LogP contribution in [0.5, 0.6) is 0 Å². The van der Waals surface area contributed by atoms with Crippen molar-refractivity contribution in [1.82, 2.24) is 4.90 Å². The fourth-order valence-corrected chi connectivity index (χ4v) is 1.46. The van der Waals surface area contributed by atoms with Gasteiger partial charge in [0.25, 0.3) is 0 Å². The molecule has 0 saturated heterocycles. The van der Waals surface area contributed by atoms with E-state index in [4.69, 9.17) is 0 Å². The average molecular weight is 171 g/mol. The van der Waals surface area contributed by atoms with E-state index in [0.29, 0.717) is 5.91 Å². The molecule has 0 unspecified atom stereocenters. The van der Waals surface area contributed by atoms with Crippen molar-refractivity contribution in [2.45, 2.75) is 40.0 Å². The van der Waals surface area contributed by atoms with Gasteiger partial charge in [-0.3, -0.25) is 4.79 Å². The third-order valence-electron chi connectivity index (χ3n) is 2.38. The largest absolute Gasteiger partial charge is 0.348 e. The molecule has 1 aliphatic rings. The first-order chi connectivity index (χ1) is 5.56. The average Bonchev–Trinajstić information content (AvgIpc) is 2.02. The van der Waals surface area contributed by atoms with Gasteiger partial charge in [-0.05, 0) is 12.8 Å². The molecule has 2 nitrogen and oxygen atoms in total. The number of carbonyl (C=O) groups is 1. The Kier molecular flexibility index (Phi) is 4.29. The van der Waals surface area contributed by atoms with Gasteiger partial charge in [0.2, 0.25) is 5.91 Å². The Morgan fingerprint density at radius 1 is 1.25 bits per heavy atom. The second-order valence-electron chi connectivity index (χ2n) is 3.61. The smallest absolute Gasteiger partial charge is 0.227 e. The number of carbonyl (C=O) groups excluding carboxylic acids is 1. The van der Waals surface area contributed by atoms with E-state index in [9.17, 15) is 4.79 Å². The molecule has 72 valence electrons. The van der Waals surface area contributed by atoms with Gasteiger partial charge in [-0.1, -0.05) is 27.2 Å². The first-order valence-electron chi connectivity index (χ1n) is 4.78. The molecule has 12 heavy (non-hydrogen) atoms. The molecule has 0 aromatic heterocycles. The molecular formula is C10H21NO. The Labute approximate surface area is 75.9 Å². The van der Waals surface area contributed by atoms with Crippen LogP contribution in [0.3, 0.4) is 0 Å². The van der Waals surface area contributed by atoms with E-state index in [-0.39, 0.29) is 5.41 Å². The number of hydrogen-bond acceptors (Lipinski definition) is 1. The van der Waals surface area contributed by atoms with E-state index in [1.807, 2.05) is 27.9 Å². The normalized spacial score (nSPS) is 18.4. The van der Waals surface area contributed by atoms with E-state index in [1.54, 1.807) is 4.90 Å². The van der Waals surface area contributed by atoms with E-state index in [1.165, 1.54) is 6.42 Å². The van der Waals surface area contributed by atoms with Crippen molar-refractivity contribution in [2.24, 2.45) is 5.41 Å². The molecule has 1 aliphatic carbocycles. The van der Waals surface area contributed by atoms with E-state index in [2.05, 4.69) is 6.92 Å². The summed E-state index contributed by atoms with van der Waals surface area (Å²) in [7, 11) is 3.65. The summed E-state index contributed by atoms with van der Waals surface area (Å²) < 4.78 is 0. The summed E-state index contributed by atoms with van der Waals surface area (Å²) in [5.74, 6) is 0.291. The third-order valence-corrected chi connectivity index (χ3v) is 2.38. The molecule has 0 spiro atoms. The molecule has 0 aliphatic heterocycles. The van der Waals surface area contributed by atoms with Crippen LogP contribution in [0.2, 0.25) is 0 Å². The van der Waals surface area contributed by atoms with Crippen LogP contribution in [0.1, 0.15) is 40.0 Å². The predicted octanol–water partition coefficient (Wildman–Crippen LogP) is 2.29. The fourth-order valence-electron chi connectivity index (χ4n) is 1.46. The Bertz CT molecular complexity index is 148. The molecule has 1 saturated carbocycles. The topological polar surface area (TPSA) is 20.3 Å². The molecule has 1 fully saturated rings. The lowest BCUT2D eigenvalue weighted by molar-refractivity contribution is -0.143. The Morgan fingerprint density at radius 3 is 1.75 bits per heavy atom. The quantitative estimate of drug-likeness (QED) is 0.592. The van der Waals surface area contributed by atoms with Gasteiger partial charge in [0.05, 0.1) is 0 Å². The van der Waals surface area contributed by atoms with Crippen LogP contribution < -0.4 is 0 Å². The van der Waals surface area contributed by atoms with Gasteiger partial charge >= 0.3 is 0 Å². The van der Waals surface area contributed by atoms with Crippen molar-refractivity contribution in [2.75, 3.05) is 14.1 Å². The van der Waals surface area contributed by atoms with Crippen molar-refractivity contribution in [3.8, 4) is 0 Å². The Balaban J connectivity index is 0.000000561. The zero-order valence-corrected chi connectivity index (χ0v) is 8.98. The summed E-state index contributed by atoms with van der Waals surface area (Å²) in [6.07, 6.45) is 3.37. The van der Waals surface area contributed by atoms with Crippen LogP contribution in [0.4, 0.5) is 0 Å². The van der Waals surface area contributed by atoms with Crippen LogP contribution in [0.25, 0.3) is 0 Å². The lowest BCUT2D eigenvalue weighted by Gasteiger charge is -2.38. The highest BCUT2D eigenvalue weighted by Gasteiger charge is 2.39. The summed E-state index contributed by atoms with van der Waals surface area (Å²) in [6.45, 7) is 6.05. The lowest BCUT2D eigenvalue weighted by Crippen LogP contribution is -2.42. The van der Waals surface area contributed by atoms with Gasteiger partial charge in [0, 0.05) is 19.5 Å². The lowest BCUT2D eigenvalue weighted by atomic mass is 9.69. The molecule has 0 N–H and O–H groups in total. The molecule has 1 rings (SSSR count). The van der Waals surface area contributed by atoms with E-state index in [0.717, 1.165) is 12.8 Å². The van der Waals surface area contributed by atoms with Gasteiger partial charge in [0.15, 0.2) is 0 Å². The number of hydrogen-bond donors (Lipinski definition) is 0. The molecule has 1 amide bonds. The second-order valence-corrected chi connectivity index (χ2v) is 3.61. The van der Waals surface area contributed by atoms with Gasteiger partial charge in [-0.25, -0.2) is 0 Å². The van der Waals surface area contributed by atoms with E-state index >= 15 is 0 Å². The first kappa shape index (κ1) is 11.5. The summed E-state index contributed by atoms with van der Waals surface area (Å²) in [4.78, 5) is 13.1. The van der Waals surface area contributed by atoms with Crippen molar-refractivity contribution < 1.29 is 4.79 Å². The minimum absolute atomic E-state index is 0.0104. The van der Waals surface area contributed by atoms with Crippen molar-refractivity contribution >= 4 is 5.91 Å². The van der Waals surface area contributed by atoms with Gasteiger partial charge in [-0.15, -0.1) is 0 Å². The molecule has 0 aromatic carbocycles. The summed E-state index contributed by atoms with van der Waals surface area (Å²) in [5, 5.41) is 0. The summed E-state index contributed by atoms with van der Waals surface area (Å²) in [5.41, 5.74) is -0.0104. The molecule has 0 heterocycles. The third kappa shape index (κ3) is 2.23. The molecular weight excluding hydrogens is 150 g/mol. The fraction of sp³-hybridized carbons (Fsp3) is 0.900. The zero-order valence-electron chi connectivity index (χ0n) is 8.98. The van der Waals surface area contributed by atoms with Crippen molar-refractivity contribution in [3.63, 3.8) is 0 Å².